The van der Waals surface area contributed by atoms with E-state index in [1.807, 2.05) is 19.0 Å². The molecule has 0 saturated carbocycles. The van der Waals surface area contributed by atoms with Crippen LogP contribution in [-0.2, 0) is 6.54 Å². The maximum Gasteiger partial charge on any atom is 0.193 e. The van der Waals surface area contributed by atoms with Crippen molar-refractivity contribution in [3.05, 3.63) is 35.4 Å². The highest BCUT2D eigenvalue weighted by Gasteiger charge is 1.99. The molecule has 1 rings (SSSR count). The summed E-state index contributed by atoms with van der Waals surface area (Å²) in [5.74, 6) is 0.900. The van der Waals surface area contributed by atoms with Gasteiger partial charge in [-0.3, -0.25) is 4.99 Å². The normalized spacial score (nSPS) is 11.3. The molecule has 0 amide bonds. The van der Waals surface area contributed by atoms with Crippen LogP contribution in [0.4, 0.5) is 0 Å². The summed E-state index contributed by atoms with van der Waals surface area (Å²) in [5, 5.41) is 3.29. The van der Waals surface area contributed by atoms with Crippen molar-refractivity contribution in [1.82, 2.24) is 10.2 Å². The SMILES string of the molecule is CN=C(NCc1cccc(C)c1)N(C)C. The Bertz CT molecular complexity index is 342. The van der Waals surface area contributed by atoms with Gasteiger partial charge in [-0.05, 0) is 12.5 Å². The Hall–Kier alpha value is -1.51. The number of aliphatic imine (C=N–C) groups is 1. The van der Waals surface area contributed by atoms with E-state index in [0.717, 1.165) is 12.5 Å². The molecule has 0 unspecified atom stereocenters. The Balaban J connectivity index is 2.57. The van der Waals surface area contributed by atoms with Crippen LogP contribution in [0.3, 0.4) is 0 Å². The molecule has 0 aliphatic heterocycles. The number of guanidine groups is 1. The van der Waals surface area contributed by atoms with E-state index < -0.39 is 0 Å². The molecule has 0 atom stereocenters. The molecule has 3 heteroatoms. The first-order chi connectivity index (χ1) is 7.13. The van der Waals surface area contributed by atoms with E-state index in [4.69, 9.17) is 0 Å². The number of rotatable bonds is 2. The Kier molecular flexibility index (Phi) is 4.16. The summed E-state index contributed by atoms with van der Waals surface area (Å²) < 4.78 is 0. The lowest BCUT2D eigenvalue weighted by atomic mass is 10.1. The predicted molar refractivity (Wildman–Crippen MR) is 65.1 cm³/mol. The van der Waals surface area contributed by atoms with Crippen LogP contribution in [0, 0.1) is 6.92 Å². The van der Waals surface area contributed by atoms with E-state index in [2.05, 4.69) is 41.5 Å². The zero-order valence-electron chi connectivity index (χ0n) is 9.91. The first-order valence-corrected chi connectivity index (χ1v) is 5.07. The molecule has 1 aromatic carbocycles. The van der Waals surface area contributed by atoms with E-state index in [-0.39, 0.29) is 0 Å². The Morgan fingerprint density at radius 2 is 2.13 bits per heavy atom. The summed E-state index contributed by atoms with van der Waals surface area (Å²) in [7, 11) is 5.75. The molecule has 15 heavy (non-hydrogen) atoms. The number of hydrogen-bond donors (Lipinski definition) is 1. The molecule has 82 valence electrons. The average Bonchev–Trinajstić information content (AvgIpc) is 2.18. The fraction of sp³-hybridized carbons (Fsp3) is 0.417. The van der Waals surface area contributed by atoms with E-state index in [9.17, 15) is 0 Å². The topological polar surface area (TPSA) is 27.6 Å². The van der Waals surface area contributed by atoms with E-state index in [1.54, 1.807) is 7.05 Å². The average molecular weight is 205 g/mol. The second-order valence-corrected chi connectivity index (χ2v) is 3.78. The standard InChI is InChI=1S/C12H19N3/c1-10-6-5-7-11(8-10)9-14-12(13-2)15(3)4/h5-8H,9H2,1-4H3,(H,13,14). The predicted octanol–water partition coefficient (Wildman–Crippen LogP) is 1.63. The molecule has 0 fully saturated rings. The maximum absolute atomic E-state index is 4.16. The fourth-order valence-corrected chi connectivity index (χ4v) is 1.44. The number of aryl methyl sites for hydroxylation is 1. The highest BCUT2D eigenvalue weighted by molar-refractivity contribution is 5.79. The third-order valence-corrected chi connectivity index (χ3v) is 2.17. The van der Waals surface area contributed by atoms with Gasteiger partial charge >= 0.3 is 0 Å². The summed E-state index contributed by atoms with van der Waals surface area (Å²) in [6.07, 6.45) is 0. The van der Waals surface area contributed by atoms with Crippen molar-refractivity contribution in [3.8, 4) is 0 Å². The number of benzene rings is 1. The van der Waals surface area contributed by atoms with Crippen LogP contribution < -0.4 is 5.32 Å². The number of hydrogen-bond acceptors (Lipinski definition) is 1. The number of nitrogens with zero attached hydrogens (tertiary/aromatic N) is 2. The van der Waals surface area contributed by atoms with Crippen LogP contribution in [0.15, 0.2) is 29.3 Å². The van der Waals surface area contributed by atoms with Gasteiger partial charge in [0.2, 0.25) is 0 Å². The summed E-state index contributed by atoms with van der Waals surface area (Å²) in [6.45, 7) is 2.91. The number of nitrogens with one attached hydrogen (secondary N) is 1. The van der Waals surface area contributed by atoms with Crippen molar-refractivity contribution in [3.63, 3.8) is 0 Å². The van der Waals surface area contributed by atoms with Gasteiger partial charge in [-0.15, -0.1) is 0 Å². The van der Waals surface area contributed by atoms with Crippen molar-refractivity contribution in [2.75, 3.05) is 21.1 Å². The fourth-order valence-electron chi connectivity index (χ4n) is 1.44. The van der Waals surface area contributed by atoms with Crippen molar-refractivity contribution < 1.29 is 0 Å². The molecular weight excluding hydrogens is 186 g/mol. The van der Waals surface area contributed by atoms with Gasteiger partial charge in [-0.1, -0.05) is 29.8 Å². The zero-order valence-corrected chi connectivity index (χ0v) is 9.91. The van der Waals surface area contributed by atoms with Gasteiger partial charge in [0.05, 0.1) is 0 Å². The minimum Gasteiger partial charge on any atom is -0.352 e. The minimum atomic E-state index is 0.812. The summed E-state index contributed by atoms with van der Waals surface area (Å²) >= 11 is 0. The van der Waals surface area contributed by atoms with E-state index >= 15 is 0 Å². The van der Waals surface area contributed by atoms with Gasteiger partial charge in [0, 0.05) is 27.7 Å². The molecule has 0 heterocycles. The second kappa shape index (κ2) is 5.39. The molecule has 1 N–H and O–H groups in total. The first-order valence-electron chi connectivity index (χ1n) is 5.07. The summed E-state index contributed by atoms with van der Waals surface area (Å²) in [5.41, 5.74) is 2.56. The molecule has 0 radical (unpaired) electrons. The van der Waals surface area contributed by atoms with Crippen LogP contribution in [0.5, 0.6) is 0 Å². The molecule has 0 bridgehead atoms. The van der Waals surface area contributed by atoms with Gasteiger partial charge in [-0.2, -0.15) is 0 Å². The van der Waals surface area contributed by atoms with Crippen LogP contribution in [0.1, 0.15) is 11.1 Å². The lowest BCUT2D eigenvalue weighted by Gasteiger charge is -2.16. The van der Waals surface area contributed by atoms with Crippen LogP contribution in [0.2, 0.25) is 0 Å². The Morgan fingerprint density at radius 1 is 1.40 bits per heavy atom. The van der Waals surface area contributed by atoms with E-state index in [0.29, 0.717) is 0 Å². The van der Waals surface area contributed by atoms with Gasteiger partial charge in [0.1, 0.15) is 0 Å². The molecule has 3 nitrogen and oxygen atoms in total. The highest BCUT2D eigenvalue weighted by Crippen LogP contribution is 2.03. The van der Waals surface area contributed by atoms with Gasteiger partial charge in [-0.25, -0.2) is 0 Å². The maximum atomic E-state index is 4.16. The van der Waals surface area contributed by atoms with Gasteiger partial charge < -0.3 is 10.2 Å². The Morgan fingerprint density at radius 3 is 2.67 bits per heavy atom. The molecule has 0 saturated heterocycles. The van der Waals surface area contributed by atoms with Crippen molar-refractivity contribution in [2.45, 2.75) is 13.5 Å². The summed E-state index contributed by atoms with van der Waals surface area (Å²) in [6, 6.07) is 8.47. The van der Waals surface area contributed by atoms with Gasteiger partial charge in [0.25, 0.3) is 0 Å². The highest BCUT2D eigenvalue weighted by atomic mass is 15.3. The quantitative estimate of drug-likeness (QED) is 0.587. The third kappa shape index (κ3) is 3.62. The van der Waals surface area contributed by atoms with Crippen LogP contribution in [-0.4, -0.2) is 32.0 Å². The molecular formula is C12H19N3. The minimum absolute atomic E-state index is 0.812. The van der Waals surface area contributed by atoms with Crippen LogP contribution in [0.25, 0.3) is 0 Å². The lowest BCUT2D eigenvalue weighted by Crippen LogP contribution is -2.35. The molecule has 0 spiro atoms. The molecule has 0 aliphatic rings. The molecule has 0 aromatic heterocycles. The van der Waals surface area contributed by atoms with Gasteiger partial charge in [0.15, 0.2) is 5.96 Å². The van der Waals surface area contributed by atoms with Crippen LogP contribution >= 0.6 is 0 Å². The third-order valence-electron chi connectivity index (χ3n) is 2.17. The van der Waals surface area contributed by atoms with E-state index in [1.165, 1.54) is 11.1 Å². The van der Waals surface area contributed by atoms with Crippen molar-refractivity contribution >= 4 is 5.96 Å². The zero-order chi connectivity index (χ0) is 11.3. The first kappa shape index (κ1) is 11.6. The molecule has 1 aromatic rings. The smallest absolute Gasteiger partial charge is 0.193 e. The second-order valence-electron chi connectivity index (χ2n) is 3.78. The van der Waals surface area contributed by atoms with Crippen molar-refractivity contribution in [2.24, 2.45) is 4.99 Å². The lowest BCUT2D eigenvalue weighted by molar-refractivity contribution is 0.583. The monoisotopic (exact) mass is 205 g/mol. The molecule has 0 aliphatic carbocycles. The largest absolute Gasteiger partial charge is 0.352 e. The Labute approximate surface area is 91.8 Å². The van der Waals surface area contributed by atoms with Crippen molar-refractivity contribution in [1.29, 1.82) is 0 Å². The summed E-state index contributed by atoms with van der Waals surface area (Å²) in [4.78, 5) is 6.12.